The molecule has 0 radical (unpaired) electrons. The SMILES string of the molecule is Cc1nsc(-c2cccc(Br)c2)c1C#N. The Balaban J connectivity index is 2.60. The van der Waals surface area contributed by atoms with Gasteiger partial charge in [0.05, 0.1) is 16.1 Å². The van der Waals surface area contributed by atoms with Crippen molar-refractivity contribution in [3.05, 3.63) is 40.0 Å². The predicted octanol–water partition coefficient (Wildman–Crippen LogP) is 3.75. The average molecular weight is 279 g/mol. The van der Waals surface area contributed by atoms with Crippen molar-refractivity contribution >= 4 is 27.5 Å². The lowest BCUT2D eigenvalue weighted by atomic mass is 10.1. The van der Waals surface area contributed by atoms with Crippen molar-refractivity contribution in [1.82, 2.24) is 4.37 Å². The van der Waals surface area contributed by atoms with Gasteiger partial charge in [-0.1, -0.05) is 28.1 Å². The number of nitrogens with zero attached hydrogens (tertiary/aromatic N) is 2. The van der Waals surface area contributed by atoms with Gasteiger partial charge in [-0.25, -0.2) is 0 Å². The summed E-state index contributed by atoms with van der Waals surface area (Å²) in [6.07, 6.45) is 0. The van der Waals surface area contributed by atoms with Crippen molar-refractivity contribution in [3.8, 4) is 16.5 Å². The molecule has 0 aliphatic rings. The maximum Gasteiger partial charge on any atom is 0.103 e. The minimum Gasteiger partial charge on any atom is -0.196 e. The molecule has 74 valence electrons. The van der Waals surface area contributed by atoms with Gasteiger partial charge in [0, 0.05) is 4.47 Å². The van der Waals surface area contributed by atoms with E-state index in [4.69, 9.17) is 5.26 Å². The number of hydrogen-bond acceptors (Lipinski definition) is 3. The zero-order valence-corrected chi connectivity index (χ0v) is 10.4. The van der Waals surface area contributed by atoms with Crippen LogP contribution in [0.5, 0.6) is 0 Å². The Bertz CT molecular complexity index is 540. The van der Waals surface area contributed by atoms with Gasteiger partial charge in [0.15, 0.2) is 0 Å². The zero-order valence-electron chi connectivity index (χ0n) is 7.99. The molecule has 0 amide bonds. The van der Waals surface area contributed by atoms with Crippen LogP contribution in [0.25, 0.3) is 10.4 Å². The number of nitriles is 1. The molecule has 2 aromatic rings. The van der Waals surface area contributed by atoms with Gasteiger partial charge in [-0.15, -0.1) is 0 Å². The smallest absolute Gasteiger partial charge is 0.103 e. The highest BCUT2D eigenvalue weighted by atomic mass is 79.9. The maximum atomic E-state index is 9.02. The number of aromatic nitrogens is 1. The van der Waals surface area contributed by atoms with Crippen LogP contribution in [0.15, 0.2) is 28.7 Å². The highest BCUT2D eigenvalue weighted by Crippen LogP contribution is 2.31. The number of aryl methyl sites for hydroxylation is 1. The third kappa shape index (κ3) is 1.94. The molecule has 0 unspecified atom stereocenters. The molecule has 15 heavy (non-hydrogen) atoms. The number of benzene rings is 1. The van der Waals surface area contributed by atoms with Crippen LogP contribution in [0.4, 0.5) is 0 Å². The first-order chi connectivity index (χ1) is 7.22. The molecule has 0 bridgehead atoms. The van der Waals surface area contributed by atoms with E-state index in [9.17, 15) is 0 Å². The monoisotopic (exact) mass is 278 g/mol. The standard InChI is InChI=1S/C11H7BrN2S/c1-7-10(6-13)11(15-14-7)8-3-2-4-9(12)5-8/h2-5H,1H3. The third-order valence-corrected chi connectivity index (χ3v) is 3.54. The average Bonchev–Trinajstić information content (AvgIpc) is 2.59. The van der Waals surface area contributed by atoms with Crippen molar-refractivity contribution in [1.29, 1.82) is 5.26 Å². The summed E-state index contributed by atoms with van der Waals surface area (Å²) in [5.41, 5.74) is 2.52. The van der Waals surface area contributed by atoms with Gasteiger partial charge < -0.3 is 0 Å². The summed E-state index contributed by atoms with van der Waals surface area (Å²) in [6, 6.07) is 10.1. The molecule has 1 heterocycles. The second-order valence-electron chi connectivity index (χ2n) is 3.09. The van der Waals surface area contributed by atoms with Gasteiger partial charge in [-0.2, -0.15) is 9.64 Å². The lowest BCUT2D eigenvalue weighted by molar-refractivity contribution is 1.31. The first-order valence-corrected chi connectivity index (χ1v) is 5.91. The van der Waals surface area contributed by atoms with Crippen molar-refractivity contribution in [2.24, 2.45) is 0 Å². The summed E-state index contributed by atoms with van der Waals surface area (Å²) >= 11 is 4.78. The van der Waals surface area contributed by atoms with Crippen LogP contribution in [-0.2, 0) is 0 Å². The van der Waals surface area contributed by atoms with E-state index < -0.39 is 0 Å². The topological polar surface area (TPSA) is 36.7 Å². The first-order valence-electron chi connectivity index (χ1n) is 4.34. The van der Waals surface area contributed by atoms with Crippen molar-refractivity contribution in [2.75, 3.05) is 0 Å². The minimum atomic E-state index is 0.679. The largest absolute Gasteiger partial charge is 0.196 e. The van der Waals surface area contributed by atoms with E-state index >= 15 is 0 Å². The zero-order chi connectivity index (χ0) is 10.8. The van der Waals surface area contributed by atoms with E-state index in [2.05, 4.69) is 26.4 Å². The van der Waals surface area contributed by atoms with E-state index in [1.807, 2.05) is 31.2 Å². The summed E-state index contributed by atoms with van der Waals surface area (Å²) in [5, 5.41) is 9.02. The Morgan fingerprint density at radius 1 is 1.47 bits per heavy atom. The molecular weight excluding hydrogens is 272 g/mol. The highest BCUT2D eigenvalue weighted by Gasteiger charge is 2.11. The Morgan fingerprint density at radius 2 is 2.27 bits per heavy atom. The molecule has 4 heteroatoms. The molecule has 0 saturated carbocycles. The van der Waals surface area contributed by atoms with E-state index in [1.165, 1.54) is 11.5 Å². The molecule has 0 saturated heterocycles. The van der Waals surface area contributed by atoms with Crippen molar-refractivity contribution in [3.63, 3.8) is 0 Å². The summed E-state index contributed by atoms with van der Waals surface area (Å²) in [6.45, 7) is 1.86. The molecule has 0 spiro atoms. The molecule has 0 aliphatic heterocycles. The molecule has 1 aromatic heterocycles. The highest BCUT2D eigenvalue weighted by molar-refractivity contribution is 9.10. The first kappa shape index (κ1) is 10.3. The van der Waals surface area contributed by atoms with E-state index in [-0.39, 0.29) is 0 Å². The summed E-state index contributed by atoms with van der Waals surface area (Å²) in [5.74, 6) is 0. The molecule has 0 N–H and O–H groups in total. The fourth-order valence-electron chi connectivity index (χ4n) is 1.33. The van der Waals surface area contributed by atoms with Crippen LogP contribution in [0.2, 0.25) is 0 Å². The Labute approximate surface area is 100 Å². The van der Waals surface area contributed by atoms with Gasteiger partial charge in [0.1, 0.15) is 6.07 Å². The van der Waals surface area contributed by atoms with Crippen LogP contribution >= 0.6 is 27.5 Å². The second kappa shape index (κ2) is 4.13. The maximum absolute atomic E-state index is 9.02. The van der Waals surface area contributed by atoms with Gasteiger partial charge in [-0.05, 0) is 36.2 Å². The normalized spacial score (nSPS) is 9.93. The van der Waals surface area contributed by atoms with Gasteiger partial charge >= 0.3 is 0 Å². The summed E-state index contributed by atoms with van der Waals surface area (Å²) in [7, 11) is 0. The molecule has 0 fully saturated rings. The quantitative estimate of drug-likeness (QED) is 0.797. The van der Waals surface area contributed by atoms with Crippen molar-refractivity contribution in [2.45, 2.75) is 6.92 Å². The fourth-order valence-corrected chi connectivity index (χ4v) is 2.56. The third-order valence-electron chi connectivity index (χ3n) is 2.06. The Hall–Kier alpha value is -1.18. The molecule has 1 aromatic carbocycles. The van der Waals surface area contributed by atoms with E-state index in [0.29, 0.717) is 5.56 Å². The molecular formula is C11H7BrN2S. The lowest BCUT2D eigenvalue weighted by Gasteiger charge is -1.98. The predicted molar refractivity (Wildman–Crippen MR) is 64.7 cm³/mol. The summed E-state index contributed by atoms with van der Waals surface area (Å²) in [4.78, 5) is 0.941. The van der Waals surface area contributed by atoms with Gasteiger partial charge in [-0.3, -0.25) is 0 Å². The Kier molecular flexibility index (Phi) is 2.85. The molecule has 2 nitrogen and oxygen atoms in total. The summed E-state index contributed by atoms with van der Waals surface area (Å²) < 4.78 is 5.21. The van der Waals surface area contributed by atoms with Crippen LogP contribution in [0, 0.1) is 18.3 Å². The van der Waals surface area contributed by atoms with Gasteiger partial charge in [0.2, 0.25) is 0 Å². The fraction of sp³-hybridized carbons (Fsp3) is 0.0909. The van der Waals surface area contributed by atoms with Crippen molar-refractivity contribution < 1.29 is 0 Å². The van der Waals surface area contributed by atoms with E-state index in [1.54, 1.807) is 0 Å². The van der Waals surface area contributed by atoms with Crippen LogP contribution in [0.1, 0.15) is 11.3 Å². The van der Waals surface area contributed by atoms with E-state index in [0.717, 1.165) is 20.6 Å². The number of rotatable bonds is 1. The van der Waals surface area contributed by atoms with Crippen LogP contribution in [0.3, 0.4) is 0 Å². The second-order valence-corrected chi connectivity index (χ2v) is 4.78. The van der Waals surface area contributed by atoms with Crippen LogP contribution < -0.4 is 0 Å². The molecule has 0 atom stereocenters. The molecule has 0 aliphatic carbocycles. The number of halogens is 1. The van der Waals surface area contributed by atoms with Gasteiger partial charge in [0.25, 0.3) is 0 Å². The Morgan fingerprint density at radius 3 is 2.93 bits per heavy atom. The van der Waals surface area contributed by atoms with Crippen LogP contribution in [-0.4, -0.2) is 4.37 Å². The molecule has 2 rings (SSSR count). The number of hydrogen-bond donors (Lipinski definition) is 0. The lowest BCUT2D eigenvalue weighted by Crippen LogP contribution is -1.80. The minimum absolute atomic E-state index is 0.679.